The van der Waals surface area contributed by atoms with E-state index in [9.17, 15) is 0 Å². The van der Waals surface area contributed by atoms with Crippen LogP contribution in [0.3, 0.4) is 0 Å². The van der Waals surface area contributed by atoms with Gasteiger partial charge in [0.05, 0.1) is 5.54 Å². The molecule has 4 aliphatic rings. The molecule has 1 saturated carbocycles. The molecule has 0 radical (unpaired) electrons. The Labute approximate surface area is 398 Å². The van der Waals surface area contributed by atoms with E-state index in [0.29, 0.717) is 0 Å². The van der Waals surface area contributed by atoms with Crippen LogP contribution < -0.4 is 31.1 Å². The van der Waals surface area contributed by atoms with Gasteiger partial charge in [-0.15, -0.1) is 0 Å². The van der Waals surface area contributed by atoms with Crippen LogP contribution in [-0.4, -0.2) is 12.3 Å². The molecule has 0 bridgehead atoms. The Balaban J connectivity index is 1.25. The summed E-state index contributed by atoms with van der Waals surface area (Å²) in [4.78, 5) is 7.99. The van der Waals surface area contributed by atoms with E-state index in [-0.39, 0.29) is 39.3 Å². The Kier molecular flexibility index (Phi) is 10.1. The van der Waals surface area contributed by atoms with Crippen LogP contribution in [0.15, 0.2) is 115 Å². The molecular weight excluding hydrogens is 798 g/mol. The lowest BCUT2D eigenvalue weighted by Gasteiger charge is -2.48. The zero-order valence-corrected chi connectivity index (χ0v) is 42.9. The van der Waals surface area contributed by atoms with Crippen molar-refractivity contribution in [1.82, 2.24) is 0 Å². The van der Waals surface area contributed by atoms with Crippen LogP contribution >= 0.6 is 0 Å². The van der Waals surface area contributed by atoms with Crippen molar-refractivity contribution >= 4 is 68.6 Å². The van der Waals surface area contributed by atoms with Gasteiger partial charge in [0.2, 0.25) is 0 Å². The number of nitrogens with zero attached hydrogens (tertiary/aromatic N) is 3. The molecule has 66 heavy (non-hydrogen) atoms. The maximum Gasteiger partial charge on any atom is 0.252 e. The van der Waals surface area contributed by atoms with E-state index in [1.165, 1.54) is 127 Å². The summed E-state index contributed by atoms with van der Waals surface area (Å²) in [6.07, 6.45) is 6.19. The van der Waals surface area contributed by atoms with Gasteiger partial charge in [0, 0.05) is 50.9 Å². The second-order valence-electron chi connectivity index (χ2n) is 25.2. The summed E-state index contributed by atoms with van der Waals surface area (Å²) in [6, 6.07) is 46.2. The van der Waals surface area contributed by atoms with Gasteiger partial charge < -0.3 is 14.7 Å². The number of hydrogen-bond acceptors (Lipinski definition) is 3. The van der Waals surface area contributed by atoms with Crippen LogP contribution in [0.5, 0.6) is 0 Å². The Bertz CT molecular complexity index is 2880. The normalized spacial score (nSPS) is 20.3. The van der Waals surface area contributed by atoms with Crippen LogP contribution in [0.4, 0.5) is 45.5 Å². The molecule has 3 heterocycles. The molecule has 0 spiro atoms. The van der Waals surface area contributed by atoms with Crippen LogP contribution in [0.1, 0.15) is 162 Å². The minimum absolute atomic E-state index is 0.0103. The van der Waals surface area contributed by atoms with Crippen LogP contribution in [0.2, 0.25) is 0 Å². The second-order valence-corrected chi connectivity index (χ2v) is 25.2. The molecule has 0 aromatic heterocycles. The Morgan fingerprint density at radius 3 is 1.44 bits per heavy atom. The van der Waals surface area contributed by atoms with Gasteiger partial charge in [-0.2, -0.15) is 0 Å². The Morgan fingerprint density at radius 1 is 0.424 bits per heavy atom. The summed E-state index contributed by atoms with van der Waals surface area (Å²) in [7, 11) is 0. The third kappa shape index (κ3) is 6.89. The quantitative estimate of drug-likeness (QED) is 0.164. The van der Waals surface area contributed by atoms with Crippen molar-refractivity contribution in [1.29, 1.82) is 0 Å². The molecule has 0 saturated heterocycles. The van der Waals surface area contributed by atoms with Gasteiger partial charge in [-0.3, -0.25) is 0 Å². The molecule has 1 aliphatic carbocycles. The van der Waals surface area contributed by atoms with Gasteiger partial charge in [-0.05, 0) is 159 Å². The number of benzene rings is 6. The highest BCUT2D eigenvalue weighted by atomic mass is 15.3. The number of aryl methyl sites for hydroxylation is 1. The summed E-state index contributed by atoms with van der Waals surface area (Å²) in [5.41, 5.74) is 22.7. The molecule has 6 aromatic rings. The first-order valence-corrected chi connectivity index (χ1v) is 25.1. The van der Waals surface area contributed by atoms with E-state index >= 15 is 0 Å². The molecule has 2 atom stereocenters. The summed E-state index contributed by atoms with van der Waals surface area (Å²) < 4.78 is 0. The maximum atomic E-state index is 2.80. The lowest BCUT2D eigenvalue weighted by atomic mass is 9.33. The fourth-order valence-electron chi connectivity index (χ4n) is 12.3. The zero-order valence-electron chi connectivity index (χ0n) is 42.9. The highest BCUT2D eigenvalue weighted by Gasteiger charge is 2.57. The van der Waals surface area contributed by atoms with Crippen molar-refractivity contribution < 1.29 is 0 Å². The monoisotopic (exact) mass is 872 g/mol. The van der Waals surface area contributed by atoms with Crippen LogP contribution in [-0.2, 0) is 27.1 Å². The Morgan fingerprint density at radius 2 is 0.894 bits per heavy atom. The first-order valence-electron chi connectivity index (χ1n) is 25.1. The second kappa shape index (κ2) is 14.9. The third-order valence-corrected chi connectivity index (χ3v) is 16.5. The topological polar surface area (TPSA) is 9.72 Å². The lowest BCUT2D eigenvalue weighted by molar-refractivity contribution is 0.261. The first-order chi connectivity index (χ1) is 30.9. The standard InChI is InChI=1S/C62H74BN3/c1-40-35-54-56-55(36-40)65(46-27-21-42(22-28-46)58(5,6)7)53-39-47(66-51-31-23-43(59(8,9)10)37-48(51)61(14)33-17-16-18-34-62(61,66)15)29-30-49(53)63(56)50-38-44(60(11,12)13)24-32-52(50)64(54)45-25-19-41(20-26-45)57(2,3)4/h19-32,35-39H,16-18,33-34H2,1-15H3. The third-order valence-electron chi connectivity index (χ3n) is 16.5. The predicted octanol–water partition coefficient (Wildman–Crippen LogP) is 15.4. The van der Waals surface area contributed by atoms with Crippen molar-refractivity contribution in [2.24, 2.45) is 0 Å². The molecule has 6 aromatic carbocycles. The smallest absolute Gasteiger partial charge is 0.252 e. The average Bonchev–Trinajstić information content (AvgIpc) is 3.31. The number of rotatable bonds is 3. The number of hydrogen-bond donors (Lipinski definition) is 0. The zero-order chi connectivity index (χ0) is 47.1. The van der Waals surface area contributed by atoms with Crippen molar-refractivity contribution in [2.45, 2.75) is 169 Å². The molecule has 4 heteroatoms. The summed E-state index contributed by atoms with van der Waals surface area (Å²) >= 11 is 0. The lowest BCUT2D eigenvalue weighted by Crippen LogP contribution is -2.61. The van der Waals surface area contributed by atoms with Crippen molar-refractivity contribution in [3.63, 3.8) is 0 Å². The SMILES string of the molecule is Cc1cc2c3c(c1)N(c1ccc(C(C)(C)C)cc1)c1cc(N4c5ccc(C(C)(C)C)cc5C5(C)CCCCCC45C)ccc1B3c1cc(C(C)(C)C)ccc1N2c1ccc(C(C)(C)C)cc1. The van der Waals surface area contributed by atoms with Gasteiger partial charge in [0.1, 0.15) is 0 Å². The predicted molar refractivity (Wildman–Crippen MR) is 287 cm³/mol. The summed E-state index contributed by atoms with van der Waals surface area (Å²) in [5, 5.41) is 0. The van der Waals surface area contributed by atoms with E-state index in [1.54, 1.807) is 0 Å². The largest absolute Gasteiger partial charge is 0.334 e. The minimum Gasteiger partial charge on any atom is -0.334 e. The summed E-state index contributed by atoms with van der Waals surface area (Å²) in [5.74, 6) is 0. The summed E-state index contributed by atoms with van der Waals surface area (Å²) in [6.45, 7) is 35.6. The van der Waals surface area contributed by atoms with Crippen molar-refractivity contribution in [2.75, 3.05) is 14.7 Å². The molecule has 10 rings (SSSR count). The van der Waals surface area contributed by atoms with E-state index in [2.05, 4.69) is 234 Å². The maximum absolute atomic E-state index is 2.80. The van der Waals surface area contributed by atoms with E-state index in [4.69, 9.17) is 0 Å². The highest BCUT2D eigenvalue weighted by Crippen LogP contribution is 2.61. The highest BCUT2D eigenvalue weighted by molar-refractivity contribution is 7.00. The number of anilines is 8. The van der Waals surface area contributed by atoms with Crippen LogP contribution in [0.25, 0.3) is 0 Å². The fraction of sp³-hybridized carbons (Fsp3) is 0.419. The molecule has 0 N–H and O–H groups in total. The van der Waals surface area contributed by atoms with Gasteiger partial charge in [0.15, 0.2) is 0 Å². The first kappa shape index (κ1) is 44.6. The number of fused-ring (bicyclic) bond motifs is 7. The average molecular weight is 872 g/mol. The molecule has 3 nitrogen and oxygen atoms in total. The van der Waals surface area contributed by atoms with E-state index < -0.39 is 0 Å². The molecule has 0 amide bonds. The fourth-order valence-corrected chi connectivity index (χ4v) is 12.3. The molecular formula is C62H74BN3. The molecule has 2 unspecified atom stereocenters. The van der Waals surface area contributed by atoms with Gasteiger partial charge in [0.25, 0.3) is 6.71 Å². The van der Waals surface area contributed by atoms with E-state index in [1.807, 2.05) is 0 Å². The van der Waals surface area contributed by atoms with Gasteiger partial charge in [-0.25, -0.2) is 0 Å². The minimum atomic E-state index is -0.0752. The molecule has 340 valence electrons. The van der Waals surface area contributed by atoms with E-state index in [0.717, 1.165) is 0 Å². The Hall–Kier alpha value is -5.22. The molecule has 1 fully saturated rings. The van der Waals surface area contributed by atoms with Crippen molar-refractivity contribution in [3.8, 4) is 0 Å². The van der Waals surface area contributed by atoms with Crippen molar-refractivity contribution in [3.05, 3.63) is 149 Å². The van der Waals surface area contributed by atoms with Crippen LogP contribution in [0, 0.1) is 6.92 Å². The van der Waals surface area contributed by atoms with Gasteiger partial charge in [-0.1, -0.05) is 164 Å². The molecule has 3 aliphatic heterocycles. The van der Waals surface area contributed by atoms with Gasteiger partial charge >= 0.3 is 0 Å².